The van der Waals surface area contributed by atoms with Gasteiger partial charge in [0, 0.05) is 4.70 Å². The molecular formula is C16H13FN2OS. The number of ether oxygens (including phenoxy) is 1. The summed E-state index contributed by atoms with van der Waals surface area (Å²) in [4.78, 5) is 0.743. The van der Waals surface area contributed by atoms with Crippen molar-refractivity contribution in [2.45, 2.75) is 6.61 Å². The Morgan fingerprint density at radius 2 is 2.05 bits per heavy atom. The number of hydrogen-bond acceptors (Lipinski definition) is 3. The molecule has 0 saturated carbocycles. The summed E-state index contributed by atoms with van der Waals surface area (Å²) in [5.41, 5.74) is 6.27. The third-order valence-electron chi connectivity index (χ3n) is 3.05. The summed E-state index contributed by atoms with van der Waals surface area (Å²) in [5, 5.41) is 8.49. The van der Waals surface area contributed by atoms with Crippen LogP contribution in [0.4, 0.5) is 4.39 Å². The first-order valence-electron chi connectivity index (χ1n) is 6.37. The lowest BCUT2D eigenvalue weighted by Gasteiger charge is -2.06. The molecule has 0 bridgehead atoms. The lowest BCUT2D eigenvalue weighted by atomic mass is 10.2. The molecule has 0 radical (unpaired) electrons. The molecule has 0 amide bonds. The predicted octanol–water partition coefficient (Wildman–Crippen LogP) is 3.90. The number of thiophene rings is 1. The summed E-state index contributed by atoms with van der Waals surface area (Å²) >= 11 is 1.45. The summed E-state index contributed by atoms with van der Waals surface area (Å²) < 4.78 is 19.8. The SMILES string of the molecule is N=C(N)c1cc2ccc(OCc3cccc(F)c3)cc2s1. The molecule has 0 aliphatic carbocycles. The van der Waals surface area contributed by atoms with E-state index in [9.17, 15) is 4.39 Å². The van der Waals surface area contributed by atoms with Crippen molar-refractivity contribution in [2.75, 3.05) is 0 Å². The van der Waals surface area contributed by atoms with E-state index in [1.165, 1.54) is 23.5 Å². The minimum atomic E-state index is -0.268. The Kier molecular flexibility index (Phi) is 3.58. The molecule has 0 saturated heterocycles. The number of fused-ring (bicyclic) bond motifs is 1. The normalized spacial score (nSPS) is 10.7. The minimum Gasteiger partial charge on any atom is -0.489 e. The third-order valence-corrected chi connectivity index (χ3v) is 4.18. The van der Waals surface area contributed by atoms with Gasteiger partial charge < -0.3 is 10.5 Å². The lowest BCUT2D eigenvalue weighted by molar-refractivity contribution is 0.306. The van der Waals surface area contributed by atoms with E-state index in [2.05, 4.69) is 0 Å². The van der Waals surface area contributed by atoms with Gasteiger partial charge in [0.25, 0.3) is 0 Å². The van der Waals surface area contributed by atoms with Gasteiger partial charge in [-0.05, 0) is 47.3 Å². The molecule has 0 atom stereocenters. The molecule has 3 nitrogen and oxygen atoms in total. The molecule has 3 N–H and O–H groups in total. The van der Waals surface area contributed by atoms with Gasteiger partial charge in [-0.25, -0.2) is 4.39 Å². The number of halogens is 1. The highest BCUT2D eigenvalue weighted by molar-refractivity contribution is 7.20. The molecule has 0 spiro atoms. The van der Waals surface area contributed by atoms with Crippen molar-refractivity contribution in [3.63, 3.8) is 0 Å². The van der Waals surface area contributed by atoms with Crippen molar-refractivity contribution in [3.05, 3.63) is 64.8 Å². The summed E-state index contributed by atoms with van der Waals surface area (Å²) in [7, 11) is 0. The number of benzene rings is 2. The summed E-state index contributed by atoms with van der Waals surface area (Å²) in [6.45, 7) is 0.314. The summed E-state index contributed by atoms with van der Waals surface area (Å²) in [6, 6.07) is 13.9. The topological polar surface area (TPSA) is 59.1 Å². The number of hydrogen-bond donors (Lipinski definition) is 2. The molecule has 0 fully saturated rings. The fourth-order valence-corrected chi connectivity index (χ4v) is 2.98. The number of nitrogens with one attached hydrogen (secondary N) is 1. The van der Waals surface area contributed by atoms with Crippen molar-refractivity contribution in [1.29, 1.82) is 5.41 Å². The van der Waals surface area contributed by atoms with Crippen LogP contribution < -0.4 is 10.5 Å². The molecule has 5 heteroatoms. The van der Waals surface area contributed by atoms with Gasteiger partial charge >= 0.3 is 0 Å². The van der Waals surface area contributed by atoms with Crippen molar-refractivity contribution in [1.82, 2.24) is 0 Å². The highest BCUT2D eigenvalue weighted by Gasteiger charge is 2.06. The molecule has 0 aliphatic rings. The Morgan fingerprint density at radius 3 is 2.81 bits per heavy atom. The van der Waals surface area contributed by atoms with Crippen LogP contribution in [0.15, 0.2) is 48.5 Å². The lowest BCUT2D eigenvalue weighted by Crippen LogP contribution is -2.08. The fourth-order valence-electron chi connectivity index (χ4n) is 2.03. The molecule has 21 heavy (non-hydrogen) atoms. The average molecular weight is 300 g/mol. The molecule has 2 aromatic carbocycles. The molecule has 3 aromatic rings. The largest absolute Gasteiger partial charge is 0.489 e. The van der Waals surface area contributed by atoms with Crippen LogP contribution in [-0.4, -0.2) is 5.84 Å². The second-order valence-corrected chi connectivity index (χ2v) is 5.73. The maximum atomic E-state index is 13.1. The number of amidine groups is 1. The molecule has 3 rings (SSSR count). The fraction of sp³-hybridized carbons (Fsp3) is 0.0625. The summed E-state index contributed by atoms with van der Waals surface area (Å²) in [5.74, 6) is 0.512. The van der Waals surface area contributed by atoms with Crippen LogP contribution in [0.3, 0.4) is 0 Å². The van der Waals surface area contributed by atoms with Crippen molar-refractivity contribution < 1.29 is 9.13 Å². The average Bonchev–Trinajstić information content (AvgIpc) is 2.88. The smallest absolute Gasteiger partial charge is 0.133 e. The third kappa shape index (κ3) is 3.03. The van der Waals surface area contributed by atoms with Crippen molar-refractivity contribution >= 4 is 27.3 Å². The molecule has 1 aromatic heterocycles. The van der Waals surface area contributed by atoms with E-state index in [-0.39, 0.29) is 11.7 Å². The van der Waals surface area contributed by atoms with Gasteiger partial charge in [0.1, 0.15) is 24.0 Å². The molecule has 0 aliphatic heterocycles. The van der Waals surface area contributed by atoms with Crippen LogP contribution in [0.2, 0.25) is 0 Å². The second kappa shape index (κ2) is 5.54. The number of nitrogens with two attached hydrogens (primary N) is 1. The Hall–Kier alpha value is -2.40. The number of rotatable bonds is 4. The van der Waals surface area contributed by atoms with E-state index in [0.717, 1.165) is 20.5 Å². The van der Waals surface area contributed by atoms with Gasteiger partial charge in [0.05, 0.1) is 4.88 Å². The van der Waals surface area contributed by atoms with Crippen molar-refractivity contribution in [3.8, 4) is 5.75 Å². The molecule has 0 unspecified atom stereocenters. The van der Waals surface area contributed by atoms with Crippen LogP contribution in [-0.2, 0) is 6.61 Å². The standard InChI is InChI=1S/C16H13FN2OS/c17-12-3-1-2-10(6-12)9-20-13-5-4-11-7-15(16(18)19)21-14(11)8-13/h1-8H,9H2,(H3,18,19). The van der Waals surface area contributed by atoms with Crippen LogP contribution in [0.25, 0.3) is 10.1 Å². The molecular weight excluding hydrogens is 287 g/mol. The first-order chi connectivity index (χ1) is 10.1. The minimum absolute atomic E-state index is 0.0680. The second-order valence-electron chi connectivity index (χ2n) is 4.64. The van der Waals surface area contributed by atoms with E-state index >= 15 is 0 Å². The van der Waals surface area contributed by atoms with Gasteiger partial charge in [-0.2, -0.15) is 0 Å². The van der Waals surface area contributed by atoms with Gasteiger partial charge in [-0.1, -0.05) is 12.1 Å². The van der Waals surface area contributed by atoms with E-state index in [0.29, 0.717) is 12.4 Å². The van der Waals surface area contributed by atoms with Gasteiger partial charge in [-0.3, -0.25) is 5.41 Å². The Balaban J connectivity index is 1.79. The number of nitrogen functional groups attached to an aromatic ring is 1. The maximum Gasteiger partial charge on any atom is 0.133 e. The van der Waals surface area contributed by atoms with Gasteiger partial charge in [0.15, 0.2) is 0 Å². The zero-order valence-corrected chi connectivity index (χ0v) is 11.9. The first-order valence-corrected chi connectivity index (χ1v) is 7.19. The first kappa shape index (κ1) is 13.6. The highest BCUT2D eigenvalue weighted by atomic mass is 32.1. The van der Waals surface area contributed by atoms with Gasteiger partial charge in [-0.15, -0.1) is 11.3 Å². The van der Waals surface area contributed by atoms with E-state index in [4.69, 9.17) is 15.9 Å². The molecule has 1 heterocycles. The van der Waals surface area contributed by atoms with Gasteiger partial charge in [0.2, 0.25) is 0 Å². The predicted molar refractivity (Wildman–Crippen MR) is 83.6 cm³/mol. The maximum absolute atomic E-state index is 13.1. The summed E-state index contributed by atoms with van der Waals surface area (Å²) in [6.07, 6.45) is 0. The monoisotopic (exact) mass is 300 g/mol. The Labute approximate surface area is 125 Å². The van der Waals surface area contributed by atoms with E-state index < -0.39 is 0 Å². The molecule has 106 valence electrons. The quantitative estimate of drug-likeness (QED) is 0.567. The Morgan fingerprint density at radius 1 is 1.19 bits per heavy atom. The van der Waals surface area contributed by atoms with Crippen LogP contribution in [0, 0.1) is 11.2 Å². The van der Waals surface area contributed by atoms with E-state index in [1.807, 2.05) is 30.3 Å². The van der Waals surface area contributed by atoms with E-state index in [1.54, 1.807) is 6.07 Å². The van der Waals surface area contributed by atoms with Crippen LogP contribution in [0.1, 0.15) is 10.4 Å². The van der Waals surface area contributed by atoms with Crippen molar-refractivity contribution in [2.24, 2.45) is 5.73 Å². The zero-order valence-electron chi connectivity index (χ0n) is 11.1. The van der Waals surface area contributed by atoms with Crippen LogP contribution >= 0.6 is 11.3 Å². The highest BCUT2D eigenvalue weighted by Crippen LogP contribution is 2.29. The van der Waals surface area contributed by atoms with Crippen LogP contribution in [0.5, 0.6) is 5.75 Å². The Bertz CT molecular complexity index is 813. The zero-order chi connectivity index (χ0) is 14.8.